The molecular formula is C19H21N3O4. The first-order chi connectivity index (χ1) is 12.2. The first kappa shape index (κ1) is 19.1. The molecule has 0 aliphatic carbocycles. The highest BCUT2D eigenvalue weighted by Crippen LogP contribution is 2.14. The molecule has 7 heteroatoms. The first-order valence-corrected chi connectivity index (χ1v) is 8.15. The molecule has 2 aromatic rings. The van der Waals surface area contributed by atoms with Gasteiger partial charge < -0.3 is 15.7 Å². The van der Waals surface area contributed by atoms with E-state index in [1.807, 2.05) is 20.8 Å². The molecule has 2 rings (SSSR count). The molecule has 26 heavy (non-hydrogen) atoms. The molecule has 0 aliphatic rings. The van der Waals surface area contributed by atoms with E-state index < -0.39 is 11.9 Å². The summed E-state index contributed by atoms with van der Waals surface area (Å²) >= 11 is 0. The van der Waals surface area contributed by atoms with Crippen LogP contribution in [0.15, 0.2) is 42.6 Å². The fraction of sp³-hybridized carbons (Fsp3) is 0.263. The number of carboxylic acids is 1. The van der Waals surface area contributed by atoms with E-state index in [9.17, 15) is 14.4 Å². The number of carbonyl (C=O) groups excluding carboxylic acids is 2. The van der Waals surface area contributed by atoms with Crippen molar-refractivity contribution in [3.05, 3.63) is 59.4 Å². The highest BCUT2D eigenvalue weighted by atomic mass is 16.4. The first-order valence-electron chi connectivity index (χ1n) is 8.15. The van der Waals surface area contributed by atoms with Crippen LogP contribution in [0.4, 0.5) is 5.69 Å². The Hall–Kier alpha value is -3.22. The Kier molecular flexibility index (Phi) is 5.71. The number of pyridine rings is 1. The standard InChI is InChI=1S/C19H21N3O4/c1-4-19(2,3)22-17(24)12-5-8-14(9-6-12)21-16(23)13-7-10-15(18(25)26)20-11-13/h5-11H,4H2,1-3H3,(H,21,23)(H,22,24)(H,25,26). The summed E-state index contributed by atoms with van der Waals surface area (Å²) in [5, 5.41) is 14.4. The van der Waals surface area contributed by atoms with E-state index in [-0.39, 0.29) is 22.7 Å². The fourth-order valence-electron chi connectivity index (χ4n) is 2.03. The molecule has 136 valence electrons. The van der Waals surface area contributed by atoms with Crippen molar-refractivity contribution in [1.29, 1.82) is 0 Å². The minimum atomic E-state index is -1.16. The number of hydrogen-bond donors (Lipinski definition) is 3. The second kappa shape index (κ2) is 7.77. The maximum atomic E-state index is 12.2. The molecule has 3 N–H and O–H groups in total. The van der Waals surface area contributed by atoms with Crippen molar-refractivity contribution in [3.63, 3.8) is 0 Å². The lowest BCUT2D eigenvalue weighted by Gasteiger charge is -2.24. The molecule has 0 atom stereocenters. The Morgan fingerprint density at radius 1 is 1.00 bits per heavy atom. The molecular weight excluding hydrogens is 334 g/mol. The Morgan fingerprint density at radius 2 is 1.62 bits per heavy atom. The van der Waals surface area contributed by atoms with Crippen LogP contribution in [-0.4, -0.2) is 33.4 Å². The number of benzene rings is 1. The number of carboxylic acid groups (broad SMARTS) is 1. The molecule has 1 aromatic heterocycles. The van der Waals surface area contributed by atoms with Crippen LogP contribution in [0.2, 0.25) is 0 Å². The predicted octanol–water partition coefficient (Wildman–Crippen LogP) is 2.95. The predicted molar refractivity (Wildman–Crippen MR) is 97.4 cm³/mol. The summed E-state index contributed by atoms with van der Waals surface area (Å²) in [5.41, 5.74) is 0.827. The maximum Gasteiger partial charge on any atom is 0.354 e. The van der Waals surface area contributed by atoms with E-state index in [2.05, 4.69) is 15.6 Å². The van der Waals surface area contributed by atoms with Crippen molar-refractivity contribution in [2.75, 3.05) is 5.32 Å². The summed E-state index contributed by atoms with van der Waals surface area (Å²) in [5.74, 6) is -1.75. The molecule has 0 fully saturated rings. The maximum absolute atomic E-state index is 12.2. The van der Waals surface area contributed by atoms with E-state index in [1.54, 1.807) is 24.3 Å². The number of hydrogen-bond acceptors (Lipinski definition) is 4. The summed E-state index contributed by atoms with van der Waals surface area (Å²) in [6.45, 7) is 5.89. The second-order valence-corrected chi connectivity index (χ2v) is 6.46. The SMILES string of the molecule is CCC(C)(C)NC(=O)c1ccc(NC(=O)c2ccc(C(=O)O)nc2)cc1. The monoisotopic (exact) mass is 355 g/mol. The summed E-state index contributed by atoms with van der Waals surface area (Å²) in [7, 11) is 0. The Labute approximate surface area is 151 Å². The normalized spacial score (nSPS) is 10.9. The summed E-state index contributed by atoms with van der Waals surface area (Å²) in [6, 6.07) is 9.17. The molecule has 0 unspecified atom stereocenters. The van der Waals surface area contributed by atoms with Crippen LogP contribution in [0.5, 0.6) is 0 Å². The lowest BCUT2D eigenvalue weighted by molar-refractivity contribution is 0.0689. The molecule has 2 amide bonds. The van der Waals surface area contributed by atoms with Gasteiger partial charge in [0.25, 0.3) is 11.8 Å². The van der Waals surface area contributed by atoms with E-state index >= 15 is 0 Å². The third kappa shape index (κ3) is 4.89. The van der Waals surface area contributed by atoms with Gasteiger partial charge >= 0.3 is 5.97 Å². The van der Waals surface area contributed by atoms with E-state index in [4.69, 9.17) is 5.11 Å². The van der Waals surface area contributed by atoms with Crippen LogP contribution < -0.4 is 10.6 Å². The van der Waals surface area contributed by atoms with Crippen molar-refractivity contribution in [3.8, 4) is 0 Å². The minimum Gasteiger partial charge on any atom is -0.477 e. The minimum absolute atomic E-state index is 0.132. The third-order valence-corrected chi connectivity index (χ3v) is 3.99. The van der Waals surface area contributed by atoms with Gasteiger partial charge in [0.15, 0.2) is 0 Å². The van der Waals surface area contributed by atoms with Gasteiger partial charge in [0.1, 0.15) is 5.69 Å². The van der Waals surface area contributed by atoms with Crippen molar-refractivity contribution in [2.24, 2.45) is 0 Å². The molecule has 0 aliphatic heterocycles. The van der Waals surface area contributed by atoms with Gasteiger partial charge in [-0.25, -0.2) is 9.78 Å². The summed E-state index contributed by atoms with van der Waals surface area (Å²) in [4.78, 5) is 38.8. The van der Waals surface area contributed by atoms with Crippen LogP contribution in [0, 0.1) is 0 Å². The number of nitrogens with zero attached hydrogens (tertiary/aromatic N) is 1. The Balaban J connectivity index is 2.03. The van der Waals surface area contributed by atoms with Crippen LogP contribution in [0.3, 0.4) is 0 Å². The molecule has 0 spiro atoms. The smallest absolute Gasteiger partial charge is 0.354 e. The fourth-order valence-corrected chi connectivity index (χ4v) is 2.03. The molecule has 0 saturated carbocycles. The largest absolute Gasteiger partial charge is 0.477 e. The lowest BCUT2D eigenvalue weighted by atomic mass is 10.0. The Morgan fingerprint density at radius 3 is 2.12 bits per heavy atom. The molecule has 0 saturated heterocycles. The van der Waals surface area contributed by atoms with Gasteiger partial charge in [0.2, 0.25) is 0 Å². The number of amides is 2. The van der Waals surface area contributed by atoms with Gasteiger partial charge in [-0.2, -0.15) is 0 Å². The number of aromatic carboxylic acids is 1. The average Bonchev–Trinajstić information content (AvgIpc) is 2.62. The van der Waals surface area contributed by atoms with Crippen LogP contribution in [-0.2, 0) is 0 Å². The topological polar surface area (TPSA) is 108 Å². The Bertz CT molecular complexity index is 812. The molecule has 0 radical (unpaired) electrons. The highest BCUT2D eigenvalue weighted by Gasteiger charge is 2.18. The van der Waals surface area contributed by atoms with Crippen LogP contribution in [0.1, 0.15) is 58.4 Å². The third-order valence-electron chi connectivity index (χ3n) is 3.99. The van der Waals surface area contributed by atoms with Gasteiger partial charge in [0, 0.05) is 23.0 Å². The van der Waals surface area contributed by atoms with Gasteiger partial charge in [0.05, 0.1) is 5.56 Å². The van der Waals surface area contributed by atoms with Crippen molar-refractivity contribution < 1.29 is 19.5 Å². The zero-order valence-electron chi connectivity index (χ0n) is 14.9. The van der Waals surface area contributed by atoms with Crippen molar-refractivity contribution in [2.45, 2.75) is 32.7 Å². The molecule has 1 heterocycles. The number of nitrogens with one attached hydrogen (secondary N) is 2. The quantitative estimate of drug-likeness (QED) is 0.738. The van der Waals surface area contributed by atoms with Crippen molar-refractivity contribution in [1.82, 2.24) is 10.3 Å². The van der Waals surface area contributed by atoms with Gasteiger partial charge in [-0.1, -0.05) is 6.92 Å². The van der Waals surface area contributed by atoms with Crippen molar-refractivity contribution >= 4 is 23.5 Å². The van der Waals surface area contributed by atoms with E-state index in [1.165, 1.54) is 18.3 Å². The van der Waals surface area contributed by atoms with Crippen LogP contribution >= 0.6 is 0 Å². The van der Waals surface area contributed by atoms with E-state index in [0.29, 0.717) is 11.3 Å². The van der Waals surface area contributed by atoms with E-state index in [0.717, 1.165) is 6.42 Å². The van der Waals surface area contributed by atoms with Crippen LogP contribution in [0.25, 0.3) is 0 Å². The average molecular weight is 355 g/mol. The molecule has 1 aromatic carbocycles. The number of carbonyl (C=O) groups is 3. The zero-order valence-corrected chi connectivity index (χ0v) is 14.9. The van der Waals surface area contributed by atoms with Gasteiger partial charge in [-0.3, -0.25) is 9.59 Å². The van der Waals surface area contributed by atoms with Gasteiger partial charge in [-0.05, 0) is 56.7 Å². The summed E-state index contributed by atoms with van der Waals surface area (Å²) < 4.78 is 0. The van der Waals surface area contributed by atoms with Gasteiger partial charge in [-0.15, -0.1) is 0 Å². The summed E-state index contributed by atoms with van der Waals surface area (Å²) in [6.07, 6.45) is 2.01. The number of rotatable bonds is 6. The zero-order chi connectivity index (χ0) is 19.3. The second-order valence-electron chi connectivity index (χ2n) is 6.46. The number of anilines is 1. The molecule has 7 nitrogen and oxygen atoms in total. The lowest BCUT2D eigenvalue weighted by Crippen LogP contribution is -2.42. The highest BCUT2D eigenvalue weighted by molar-refractivity contribution is 6.04. The molecule has 0 bridgehead atoms. The number of aromatic nitrogens is 1.